The van der Waals surface area contributed by atoms with E-state index in [1.807, 2.05) is 24.3 Å². The van der Waals surface area contributed by atoms with Crippen LogP contribution in [0.4, 0.5) is 26.6 Å². The molecule has 0 amide bonds. The van der Waals surface area contributed by atoms with Crippen molar-refractivity contribution in [2.24, 2.45) is 0 Å². The van der Waals surface area contributed by atoms with Gasteiger partial charge < -0.3 is 31.9 Å². The molecule has 9 nitrogen and oxygen atoms in total. The van der Waals surface area contributed by atoms with Gasteiger partial charge in [0, 0.05) is 19.2 Å². The fourth-order valence-corrected chi connectivity index (χ4v) is 3.19. The van der Waals surface area contributed by atoms with Gasteiger partial charge in [0.05, 0.1) is 19.3 Å². The monoisotopic (exact) mass is 445 g/mol. The number of methoxy groups -OCH3 is 1. The number of aromatic nitrogens is 3. The minimum Gasteiger partial charge on any atom is -0.497 e. The number of benzene rings is 2. The molecule has 11 heteroatoms. The Morgan fingerprint density at radius 1 is 1.00 bits per heavy atom. The zero-order valence-corrected chi connectivity index (χ0v) is 17.4. The largest absolute Gasteiger partial charge is 0.497 e. The van der Waals surface area contributed by atoms with Crippen molar-refractivity contribution < 1.29 is 18.6 Å². The van der Waals surface area contributed by atoms with Crippen molar-refractivity contribution in [1.82, 2.24) is 20.3 Å². The minimum absolute atomic E-state index is 0.0451. The van der Waals surface area contributed by atoms with Crippen LogP contribution >= 0.6 is 0 Å². The summed E-state index contributed by atoms with van der Waals surface area (Å²) < 4.78 is 32.5. The summed E-state index contributed by atoms with van der Waals surface area (Å²) in [6.45, 7) is 0.643. The first kappa shape index (κ1) is 23.1. The summed E-state index contributed by atoms with van der Waals surface area (Å²) in [6.07, 6.45) is -0.895. The van der Waals surface area contributed by atoms with Crippen molar-refractivity contribution in [3.63, 3.8) is 0 Å². The minimum atomic E-state index is -0.980. The van der Waals surface area contributed by atoms with Crippen molar-refractivity contribution in [1.29, 1.82) is 0 Å². The Bertz CT molecular complexity index is 960. The number of aliphatic hydroxyl groups excluding tert-OH is 1. The zero-order chi connectivity index (χ0) is 23.1. The molecule has 0 aliphatic carbocycles. The van der Waals surface area contributed by atoms with Crippen molar-refractivity contribution in [2.45, 2.75) is 25.1 Å². The Labute approximate surface area is 183 Å². The number of aliphatic hydroxyl groups is 1. The maximum Gasteiger partial charge on any atom is 0.229 e. The molecule has 2 atom stereocenters. The van der Waals surface area contributed by atoms with Gasteiger partial charge in [0.2, 0.25) is 17.8 Å². The van der Waals surface area contributed by atoms with E-state index in [4.69, 9.17) is 16.2 Å². The average Bonchev–Trinajstić information content (AvgIpc) is 2.72. The van der Waals surface area contributed by atoms with Gasteiger partial charge in [-0.1, -0.05) is 12.1 Å². The van der Waals surface area contributed by atoms with Crippen LogP contribution in [-0.2, 0) is 13.0 Å². The molecular weight excluding hydrogens is 420 g/mol. The van der Waals surface area contributed by atoms with Crippen LogP contribution in [0.3, 0.4) is 0 Å². The first-order valence-electron chi connectivity index (χ1n) is 9.82. The number of hydrogen-bond donors (Lipinski definition) is 5. The van der Waals surface area contributed by atoms with E-state index >= 15 is 0 Å². The highest BCUT2D eigenvalue weighted by atomic mass is 19.1. The molecular formula is C21H25F2N7O2. The molecule has 0 aliphatic heterocycles. The van der Waals surface area contributed by atoms with Crippen molar-refractivity contribution in [2.75, 3.05) is 30.4 Å². The summed E-state index contributed by atoms with van der Waals surface area (Å²) >= 11 is 0. The Morgan fingerprint density at radius 3 is 2.34 bits per heavy atom. The number of hydrogen-bond acceptors (Lipinski definition) is 9. The number of rotatable bonds is 10. The number of nitrogens with two attached hydrogens (primary N) is 2. The first-order chi connectivity index (χ1) is 15.3. The molecule has 2 unspecified atom stereocenters. The highest BCUT2D eigenvalue weighted by molar-refractivity contribution is 5.38. The second-order valence-corrected chi connectivity index (χ2v) is 7.16. The van der Waals surface area contributed by atoms with E-state index in [-0.39, 0.29) is 30.8 Å². The lowest BCUT2D eigenvalue weighted by Gasteiger charge is -2.25. The third-order valence-electron chi connectivity index (χ3n) is 4.64. The fraction of sp³-hybridized carbons (Fsp3) is 0.286. The summed E-state index contributed by atoms with van der Waals surface area (Å²) in [4.78, 5) is 11.6. The molecule has 7 N–H and O–H groups in total. The van der Waals surface area contributed by atoms with E-state index in [9.17, 15) is 13.9 Å². The fourth-order valence-electron chi connectivity index (χ4n) is 3.19. The normalized spacial score (nSPS) is 12.9. The molecule has 3 aromatic rings. The number of nitrogens with zero attached hydrogens (tertiary/aromatic N) is 3. The standard InChI is InChI=1S/C21H25F2N7O2/c1-32-16-4-2-3-12(7-16)10-26-11-18(31)17(8-13-5-14(22)9-15(23)6-13)27-21-29-19(24)28-20(25)30-21/h2-7,9,17-18,26,31H,8,10-11H2,1H3,(H5,24,25,27,28,29,30). The van der Waals surface area contributed by atoms with Gasteiger partial charge in [-0.15, -0.1) is 0 Å². The molecule has 0 saturated heterocycles. The van der Waals surface area contributed by atoms with E-state index < -0.39 is 23.8 Å². The number of nitrogens with one attached hydrogen (secondary N) is 2. The van der Waals surface area contributed by atoms with Crippen molar-refractivity contribution in [3.8, 4) is 5.75 Å². The molecule has 2 aromatic carbocycles. The maximum atomic E-state index is 13.7. The van der Waals surface area contributed by atoms with Gasteiger partial charge in [-0.05, 0) is 41.8 Å². The van der Waals surface area contributed by atoms with Crippen molar-refractivity contribution in [3.05, 3.63) is 65.2 Å². The van der Waals surface area contributed by atoms with Crippen LogP contribution in [0.5, 0.6) is 5.75 Å². The van der Waals surface area contributed by atoms with Crippen LogP contribution in [0, 0.1) is 11.6 Å². The number of nitrogen functional groups attached to an aromatic ring is 2. The number of ether oxygens (including phenoxy) is 1. The summed E-state index contributed by atoms with van der Waals surface area (Å²) in [5.41, 5.74) is 12.5. The van der Waals surface area contributed by atoms with Crippen LogP contribution in [0.15, 0.2) is 42.5 Å². The van der Waals surface area contributed by atoms with E-state index in [1.165, 1.54) is 12.1 Å². The zero-order valence-electron chi connectivity index (χ0n) is 17.4. The molecule has 0 saturated carbocycles. The first-order valence-corrected chi connectivity index (χ1v) is 9.82. The van der Waals surface area contributed by atoms with Crippen LogP contribution < -0.4 is 26.8 Å². The molecule has 1 aromatic heterocycles. The summed E-state index contributed by atoms with van der Waals surface area (Å²) in [6, 6.07) is 9.97. The van der Waals surface area contributed by atoms with Gasteiger partial charge in [-0.2, -0.15) is 15.0 Å². The SMILES string of the molecule is COc1cccc(CNCC(O)C(Cc2cc(F)cc(F)c2)Nc2nc(N)nc(N)n2)c1. The molecule has 0 bridgehead atoms. The maximum absolute atomic E-state index is 13.7. The predicted octanol–water partition coefficient (Wildman–Crippen LogP) is 1.50. The lowest BCUT2D eigenvalue weighted by Crippen LogP contribution is -2.42. The van der Waals surface area contributed by atoms with Gasteiger partial charge in [0.15, 0.2) is 0 Å². The Kier molecular flexibility index (Phi) is 7.68. The summed E-state index contributed by atoms with van der Waals surface area (Å²) in [5.74, 6) is -0.843. The molecule has 0 aliphatic rings. The molecule has 0 radical (unpaired) electrons. The van der Waals surface area contributed by atoms with E-state index in [1.54, 1.807) is 7.11 Å². The van der Waals surface area contributed by atoms with Crippen LogP contribution in [-0.4, -0.2) is 45.9 Å². The topological polar surface area (TPSA) is 144 Å². The highest BCUT2D eigenvalue weighted by Gasteiger charge is 2.22. The molecule has 3 rings (SSSR count). The third kappa shape index (κ3) is 6.72. The average molecular weight is 445 g/mol. The van der Waals surface area contributed by atoms with E-state index in [0.29, 0.717) is 12.1 Å². The summed E-state index contributed by atoms with van der Waals surface area (Å²) in [7, 11) is 1.59. The smallest absolute Gasteiger partial charge is 0.229 e. The van der Waals surface area contributed by atoms with Gasteiger partial charge in [-0.3, -0.25) is 0 Å². The van der Waals surface area contributed by atoms with Gasteiger partial charge in [0.1, 0.15) is 17.4 Å². The van der Waals surface area contributed by atoms with Crippen LogP contribution in [0.2, 0.25) is 0 Å². The van der Waals surface area contributed by atoms with E-state index in [0.717, 1.165) is 17.4 Å². The number of anilines is 3. The lowest BCUT2D eigenvalue weighted by molar-refractivity contribution is 0.148. The lowest BCUT2D eigenvalue weighted by atomic mass is 10.0. The molecule has 0 spiro atoms. The Morgan fingerprint density at radius 2 is 1.69 bits per heavy atom. The molecule has 1 heterocycles. The van der Waals surface area contributed by atoms with Gasteiger partial charge >= 0.3 is 0 Å². The predicted molar refractivity (Wildman–Crippen MR) is 117 cm³/mol. The van der Waals surface area contributed by atoms with E-state index in [2.05, 4.69) is 25.6 Å². The molecule has 0 fully saturated rings. The Balaban J connectivity index is 1.72. The highest BCUT2D eigenvalue weighted by Crippen LogP contribution is 2.16. The number of halogens is 2. The quantitative estimate of drug-likeness (QED) is 0.313. The second kappa shape index (κ2) is 10.6. The summed E-state index contributed by atoms with van der Waals surface area (Å²) in [5, 5.41) is 16.9. The van der Waals surface area contributed by atoms with Gasteiger partial charge in [0.25, 0.3) is 0 Å². The molecule has 170 valence electrons. The molecule has 32 heavy (non-hydrogen) atoms. The van der Waals surface area contributed by atoms with Gasteiger partial charge in [-0.25, -0.2) is 8.78 Å². The Hall–Kier alpha value is -3.57. The van der Waals surface area contributed by atoms with Crippen LogP contribution in [0.25, 0.3) is 0 Å². The van der Waals surface area contributed by atoms with Crippen molar-refractivity contribution >= 4 is 17.8 Å². The second-order valence-electron chi connectivity index (χ2n) is 7.16. The third-order valence-corrected chi connectivity index (χ3v) is 4.64. The van der Waals surface area contributed by atoms with Crippen LogP contribution in [0.1, 0.15) is 11.1 Å².